The Kier molecular flexibility index (Phi) is 7.65. The lowest BCUT2D eigenvalue weighted by Gasteiger charge is -2.09. The van der Waals surface area contributed by atoms with Crippen LogP contribution in [0.5, 0.6) is 11.5 Å². The fraction of sp³-hybridized carbons (Fsp3) is 0.211. The molecule has 0 atom stereocenters. The number of methoxy groups -OCH3 is 2. The molecule has 2 N–H and O–H groups in total. The molecule has 0 aliphatic heterocycles. The number of anilines is 1. The highest BCUT2D eigenvalue weighted by Gasteiger charge is 2.13. The Labute approximate surface area is 166 Å². The Morgan fingerprint density at radius 3 is 2.14 bits per heavy atom. The lowest BCUT2D eigenvalue weighted by Crippen LogP contribution is -2.32. The molecule has 0 saturated carbocycles. The van der Waals surface area contributed by atoms with Crippen molar-refractivity contribution in [3.63, 3.8) is 0 Å². The van der Waals surface area contributed by atoms with E-state index in [2.05, 4.69) is 10.6 Å². The van der Waals surface area contributed by atoms with Crippen molar-refractivity contribution in [3.05, 3.63) is 53.1 Å². The quantitative estimate of drug-likeness (QED) is 0.652. The van der Waals surface area contributed by atoms with Crippen LogP contribution in [0.2, 0.25) is 5.02 Å². The largest absolute Gasteiger partial charge is 0.497 e. The molecule has 2 aromatic rings. The lowest BCUT2D eigenvalue weighted by atomic mass is 10.2. The first-order valence-corrected chi connectivity index (χ1v) is 8.51. The highest BCUT2D eigenvalue weighted by molar-refractivity contribution is 6.30. The standard InChI is InChI=1S/C19H19ClN2O6/c1-26-15-7-12(8-16(9-15)27-2)19(25)21-10-18(24)28-11-17(23)22-14-5-3-13(20)4-6-14/h3-9H,10-11H2,1-2H3,(H,21,25)(H,22,23). The van der Waals surface area contributed by atoms with E-state index >= 15 is 0 Å². The fourth-order valence-electron chi connectivity index (χ4n) is 2.12. The number of hydrogen-bond acceptors (Lipinski definition) is 6. The number of carbonyl (C=O) groups excluding carboxylic acids is 3. The molecule has 8 nitrogen and oxygen atoms in total. The summed E-state index contributed by atoms with van der Waals surface area (Å²) in [6.45, 7) is -0.878. The first-order valence-electron chi connectivity index (χ1n) is 8.13. The average molecular weight is 407 g/mol. The number of esters is 1. The van der Waals surface area contributed by atoms with Crippen molar-refractivity contribution >= 4 is 35.1 Å². The first-order chi connectivity index (χ1) is 13.4. The van der Waals surface area contributed by atoms with Gasteiger partial charge < -0.3 is 24.8 Å². The number of amides is 2. The van der Waals surface area contributed by atoms with Gasteiger partial charge in [-0.25, -0.2) is 0 Å². The summed E-state index contributed by atoms with van der Waals surface area (Å²) in [6, 6.07) is 11.1. The number of rotatable bonds is 8. The van der Waals surface area contributed by atoms with E-state index in [4.69, 9.17) is 25.8 Å². The van der Waals surface area contributed by atoms with E-state index in [9.17, 15) is 14.4 Å². The van der Waals surface area contributed by atoms with Gasteiger partial charge in [0.15, 0.2) is 6.61 Å². The third-order valence-corrected chi connectivity index (χ3v) is 3.75. The van der Waals surface area contributed by atoms with Gasteiger partial charge in [-0.2, -0.15) is 0 Å². The normalized spacial score (nSPS) is 9.96. The summed E-state index contributed by atoms with van der Waals surface area (Å²) in [7, 11) is 2.92. The molecule has 0 heterocycles. The van der Waals surface area contributed by atoms with Gasteiger partial charge in [-0.1, -0.05) is 11.6 Å². The van der Waals surface area contributed by atoms with Gasteiger partial charge in [-0.15, -0.1) is 0 Å². The minimum absolute atomic E-state index is 0.254. The maximum atomic E-state index is 12.2. The van der Waals surface area contributed by atoms with Gasteiger partial charge in [-0.3, -0.25) is 14.4 Å². The van der Waals surface area contributed by atoms with Crippen molar-refractivity contribution in [2.45, 2.75) is 0 Å². The Hall–Kier alpha value is -3.26. The Balaban J connectivity index is 1.79. The number of hydrogen-bond donors (Lipinski definition) is 2. The van der Waals surface area contributed by atoms with Crippen molar-refractivity contribution in [2.24, 2.45) is 0 Å². The maximum absolute atomic E-state index is 12.2. The van der Waals surface area contributed by atoms with Crippen LogP contribution in [0.1, 0.15) is 10.4 Å². The number of halogens is 1. The second-order valence-electron chi connectivity index (χ2n) is 5.50. The van der Waals surface area contributed by atoms with Gasteiger partial charge in [0.05, 0.1) is 14.2 Å². The SMILES string of the molecule is COc1cc(OC)cc(C(=O)NCC(=O)OCC(=O)Nc2ccc(Cl)cc2)c1. The van der Waals surface area contributed by atoms with Crippen LogP contribution in [0.4, 0.5) is 5.69 Å². The minimum Gasteiger partial charge on any atom is -0.497 e. The fourth-order valence-corrected chi connectivity index (χ4v) is 2.25. The summed E-state index contributed by atoms with van der Waals surface area (Å²) in [5.41, 5.74) is 0.773. The highest BCUT2D eigenvalue weighted by Crippen LogP contribution is 2.22. The predicted octanol–water partition coefficient (Wildman–Crippen LogP) is 2.27. The highest BCUT2D eigenvalue weighted by atomic mass is 35.5. The molecule has 0 radical (unpaired) electrons. The van der Waals surface area contributed by atoms with Crippen molar-refractivity contribution in [3.8, 4) is 11.5 Å². The zero-order valence-corrected chi connectivity index (χ0v) is 16.0. The summed E-state index contributed by atoms with van der Waals surface area (Å²) >= 11 is 5.76. The monoisotopic (exact) mass is 406 g/mol. The summed E-state index contributed by atoms with van der Waals surface area (Å²) in [4.78, 5) is 35.7. The zero-order valence-electron chi connectivity index (χ0n) is 15.3. The Morgan fingerprint density at radius 1 is 0.964 bits per heavy atom. The van der Waals surface area contributed by atoms with Crippen molar-refractivity contribution in [1.29, 1.82) is 0 Å². The molecule has 0 aliphatic rings. The van der Waals surface area contributed by atoms with Crippen LogP contribution < -0.4 is 20.1 Å². The van der Waals surface area contributed by atoms with Gasteiger partial charge in [0.2, 0.25) is 0 Å². The van der Waals surface area contributed by atoms with E-state index in [1.54, 1.807) is 30.3 Å². The van der Waals surface area contributed by atoms with Crippen LogP contribution >= 0.6 is 11.6 Å². The average Bonchev–Trinajstić information content (AvgIpc) is 2.71. The van der Waals surface area contributed by atoms with Crippen LogP contribution in [-0.4, -0.2) is 45.2 Å². The molecule has 0 bridgehead atoms. The molecular formula is C19H19ClN2O6. The van der Waals surface area contributed by atoms with Crippen LogP contribution in [0, 0.1) is 0 Å². The molecule has 2 rings (SSSR count). The first kappa shape index (κ1) is 21.0. The smallest absolute Gasteiger partial charge is 0.325 e. The van der Waals surface area contributed by atoms with Gasteiger partial charge >= 0.3 is 5.97 Å². The van der Waals surface area contributed by atoms with E-state index < -0.39 is 30.9 Å². The van der Waals surface area contributed by atoms with E-state index in [0.717, 1.165) is 0 Å². The molecule has 28 heavy (non-hydrogen) atoms. The van der Waals surface area contributed by atoms with Gasteiger partial charge in [-0.05, 0) is 36.4 Å². The summed E-state index contributed by atoms with van der Waals surface area (Å²) in [5, 5.41) is 5.50. The minimum atomic E-state index is -0.755. The van der Waals surface area contributed by atoms with Crippen molar-refractivity contribution in [1.82, 2.24) is 5.32 Å². The summed E-state index contributed by atoms with van der Waals surface area (Å²) < 4.78 is 15.0. The van der Waals surface area contributed by atoms with E-state index in [1.807, 2.05) is 0 Å². The lowest BCUT2D eigenvalue weighted by molar-refractivity contribution is -0.146. The van der Waals surface area contributed by atoms with Crippen molar-refractivity contribution in [2.75, 3.05) is 32.7 Å². The second-order valence-corrected chi connectivity index (χ2v) is 5.94. The molecule has 0 unspecified atom stereocenters. The molecule has 0 saturated heterocycles. The molecule has 2 amide bonds. The molecular weight excluding hydrogens is 388 g/mol. The third kappa shape index (κ3) is 6.48. The van der Waals surface area contributed by atoms with Crippen LogP contribution in [0.15, 0.2) is 42.5 Å². The Bertz CT molecular complexity index is 832. The van der Waals surface area contributed by atoms with Gasteiger partial charge in [0, 0.05) is 22.3 Å². The van der Waals surface area contributed by atoms with Crippen LogP contribution in [0.25, 0.3) is 0 Å². The third-order valence-electron chi connectivity index (χ3n) is 3.50. The molecule has 2 aromatic carbocycles. The topological polar surface area (TPSA) is 103 Å². The number of nitrogens with one attached hydrogen (secondary N) is 2. The molecule has 0 spiro atoms. The Morgan fingerprint density at radius 2 is 1.57 bits per heavy atom. The molecule has 0 aromatic heterocycles. The predicted molar refractivity (Wildman–Crippen MR) is 103 cm³/mol. The van der Waals surface area contributed by atoms with E-state index in [1.165, 1.54) is 26.4 Å². The summed E-state index contributed by atoms with van der Waals surface area (Å²) in [6.07, 6.45) is 0. The molecule has 9 heteroatoms. The van der Waals surface area contributed by atoms with Crippen molar-refractivity contribution < 1.29 is 28.6 Å². The van der Waals surface area contributed by atoms with E-state index in [0.29, 0.717) is 22.2 Å². The number of ether oxygens (including phenoxy) is 3. The van der Waals surface area contributed by atoms with Gasteiger partial charge in [0.25, 0.3) is 11.8 Å². The maximum Gasteiger partial charge on any atom is 0.325 e. The van der Waals surface area contributed by atoms with Crippen LogP contribution in [0.3, 0.4) is 0 Å². The zero-order chi connectivity index (χ0) is 20.5. The molecule has 148 valence electrons. The van der Waals surface area contributed by atoms with Crippen LogP contribution in [-0.2, 0) is 14.3 Å². The number of carbonyl (C=O) groups is 3. The van der Waals surface area contributed by atoms with E-state index in [-0.39, 0.29) is 5.56 Å². The molecule has 0 aliphatic carbocycles. The van der Waals surface area contributed by atoms with Gasteiger partial charge in [0.1, 0.15) is 18.0 Å². The molecule has 0 fully saturated rings. The number of benzene rings is 2. The summed E-state index contributed by atoms with van der Waals surface area (Å²) in [5.74, 6) is -0.911. The second kappa shape index (κ2) is 10.2.